The van der Waals surface area contributed by atoms with E-state index in [1.165, 1.54) is 0 Å². The molecule has 2 fully saturated rings. The number of likely N-dealkylation sites (tertiary alicyclic amines) is 2. The van der Waals surface area contributed by atoms with Gasteiger partial charge in [0.25, 0.3) is 0 Å². The average Bonchev–Trinajstić information content (AvgIpc) is 2.87. The fourth-order valence-electron chi connectivity index (χ4n) is 2.68. The second-order valence-electron chi connectivity index (χ2n) is 6.52. The van der Waals surface area contributed by atoms with Crippen molar-refractivity contribution in [3.8, 4) is 0 Å². The van der Waals surface area contributed by atoms with Crippen molar-refractivity contribution in [1.29, 1.82) is 0 Å². The second kappa shape index (κ2) is 5.39. The van der Waals surface area contributed by atoms with E-state index < -0.39 is 5.60 Å². The summed E-state index contributed by atoms with van der Waals surface area (Å²) in [6.07, 6.45) is 2.38. The summed E-state index contributed by atoms with van der Waals surface area (Å²) in [6.45, 7) is 8.74. The maximum Gasteiger partial charge on any atom is 0.410 e. The molecule has 2 amide bonds. The summed E-state index contributed by atoms with van der Waals surface area (Å²) < 4.78 is 5.37. The highest BCUT2D eigenvalue weighted by Crippen LogP contribution is 2.22. The van der Waals surface area contributed by atoms with Crippen LogP contribution in [0.1, 0.15) is 40.0 Å². The molecule has 5 heteroatoms. The lowest BCUT2D eigenvalue weighted by molar-refractivity contribution is -0.128. The van der Waals surface area contributed by atoms with Crippen molar-refractivity contribution in [3.05, 3.63) is 0 Å². The maximum absolute atomic E-state index is 11.9. The van der Waals surface area contributed by atoms with Crippen LogP contribution >= 0.6 is 0 Å². The van der Waals surface area contributed by atoms with Crippen LogP contribution in [0.25, 0.3) is 0 Å². The molecule has 0 spiro atoms. The van der Waals surface area contributed by atoms with Crippen molar-refractivity contribution < 1.29 is 14.3 Å². The molecule has 2 saturated heterocycles. The van der Waals surface area contributed by atoms with Crippen molar-refractivity contribution in [2.45, 2.75) is 45.6 Å². The van der Waals surface area contributed by atoms with Gasteiger partial charge < -0.3 is 14.5 Å². The van der Waals surface area contributed by atoms with Crippen LogP contribution in [0.4, 0.5) is 4.79 Å². The van der Waals surface area contributed by atoms with Gasteiger partial charge in [-0.1, -0.05) is 0 Å². The summed E-state index contributed by atoms with van der Waals surface area (Å²) in [5, 5.41) is 0. The molecule has 1 atom stereocenters. The first-order valence-electron chi connectivity index (χ1n) is 7.11. The molecule has 0 aromatic heterocycles. The van der Waals surface area contributed by atoms with E-state index in [4.69, 9.17) is 4.74 Å². The topological polar surface area (TPSA) is 49.9 Å². The molecule has 108 valence electrons. The first kappa shape index (κ1) is 14.2. The number of hydrogen-bond donors (Lipinski definition) is 0. The molecule has 0 bridgehead atoms. The first-order chi connectivity index (χ1) is 8.85. The van der Waals surface area contributed by atoms with E-state index in [0.717, 1.165) is 32.5 Å². The standard InChI is InChI=1S/C14H24N2O3/c1-14(2,3)19-13(18)16-8-6-11(10-16)9-15-7-4-5-12(15)17/h11H,4-10H2,1-3H3. The lowest BCUT2D eigenvalue weighted by atomic mass is 10.1. The van der Waals surface area contributed by atoms with Crippen molar-refractivity contribution >= 4 is 12.0 Å². The minimum absolute atomic E-state index is 0.234. The van der Waals surface area contributed by atoms with Gasteiger partial charge in [-0.05, 0) is 39.5 Å². The minimum atomic E-state index is -0.444. The lowest BCUT2D eigenvalue weighted by Gasteiger charge is -2.25. The van der Waals surface area contributed by atoms with Crippen LogP contribution in [0.15, 0.2) is 0 Å². The monoisotopic (exact) mass is 268 g/mol. The third kappa shape index (κ3) is 3.85. The highest BCUT2D eigenvalue weighted by molar-refractivity contribution is 5.78. The Bertz CT molecular complexity index is 362. The summed E-state index contributed by atoms with van der Waals surface area (Å²) in [6, 6.07) is 0. The number of carbonyl (C=O) groups is 2. The molecule has 2 rings (SSSR count). The highest BCUT2D eigenvalue weighted by atomic mass is 16.6. The number of ether oxygens (including phenoxy) is 1. The van der Waals surface area contributed by atoms with Gasteiger partial charge in [-0.2, -0.15) is 0 Å². The quantitative estimate of drug-likeness (QED) is 0.768. The van der Waals surface area contributed by atoms with Gasteiger partial charge in [0.05, 0.1) is 0 Å². The Morgan fingerprint density at radius 3 is 2.68 bits per heavy atom. The summed E-state index contributed by atoms with van der Waals surface area (Å²) in [7, 11) is 0. The fraction of sp³-hybridized carbons (Fsp3) is 0.857. The van der Waals surface area contributed by atoms with E-state index in [-0.39, 0.29) is 12.0 Å². The molecular formula is C14H24N2O3. The molecular weight excluding hydrogens is 244 g/mol. The van der Waals surface area contributed by atoms with Gasteiger partial charge in [0.2, 0.25) is 5.91 Å². The third-order valence-corrected chi connectivity index (χ3v) is 3.59. The van der Waals surface area contributed by atoms with Gasteiger partial charge in [0.15, 0.2) is 0 Å². The van der Waals surface area contributed by atoms with Gasteiger partial charge in [0, 0.05) is 32.6 Å². The number of amides is 2. The third-order valence-electron chi connectivity index (χ3n) is 3.59. The van der Waals surface area contributed by atoms with Crippen LogP contribution in [0.2, 0.25) is 0 Å². The van der Waals surface area contributed by atoms with Gasteiger partial charge >= 0.3 is 6.09 Å². The van der Waals surface area contributed by atoms with Gasteiger partial charge in [-0.15, -0.1) is 0 Å². The van der Waals surface area contributed by atoms with Crippen molar-refractivity contribution in [2.24, 2.45) is 5.92 Å². The Morgan fingerprint density at radius 2 is 2.11 bits per heavy atom. The highest BCUT2D eigenvalue weighted by Gasteiger charge is 2.32. The minimum Gasteiger partial charge on any atom is -0.444 e. The van der Waals surface area contributed by atoms with Crippen LogP contribution in [-0.2, 0) is 9.53 Å². The molecule has 0 aromatic rings. The fourth-order valence-corrected chi connectivity index (χ4v) is 2.68. The average molecular weight is 268 g/mol. The van der Waals surface area contributed by atoms with E-state index in [9.17, 15) is 9.59 Å². The van der Waals surface area contributed by atoms with Crippen LogP contribution in [-0.4, -0.2) is 53.6 Å². The van der Waals surface area contributed by atoms with E-state index in [0.29, 0.717) is 18.9 Å². The molecule has 0 saturated carbocycles. The zero-order valence-corrected chi connectivity index (χ0v) is 12.1. The molecule has 1 unspecified atom stereocenters. The van der Waals surface area contributed by atoms with E-state index in [1.807, 2.05) is 25.7 Å². The van der Waals surface area contributed by atoms with Crippen LogP contribution in [0.5, 0.6) is 0 Å². The molecule has 5 nitrogen and oxygen atoms in total. The predicted molar refractivity (Wildman–Crippen MR) is 71.7 cm³/mol. The zero-order valence-electron chi connectivity index (χ0n) is 12.1. The van der Waals surface area contributed by atoms with Crippen molar-refractivity contribution in [1.82, 2.24) is 9.80 Å². The number of rotatable bonds is 2. The molecule has 0 N–H and O–H groups in total. The molecule has 2 heterocycles. The summed E-state index contributed by atoms with van der Waals surface area (Å²) in [4.78, 5) is 27.2. The van der Waals surface area contributed by atoms with Gasteiger partial charge in [0.1, 0.15) is 5.60 Å². The Hall–Kier alpha value is -1.26. The summed E-state index contributed by atoms with van der Waals surface area (Å²) in [5.74, 6) is 0.658. The normalized spacial score (nSPS) is 24.2. The van der Waals surface area contributed by atoms with Crippen molar-refractivity contribution in [3.63, 3.8) is 0 Å². The number of carbonyl (C=O) groups excluding carboxylic acids is 2. The Morgan fingerprint density at radius 1 is 1.37 bits per heavy atom. The zero-order chi connectivity index (χ0) is 14.0. The van der Waals surface area contributed by atoms with Gasteiger partial charge in [-0.3, -0.25) is 4.79 Å². The predicted octanol–water partition coefficient (Wildman–Crippen LogP) is 1.87. The van der Waals surface area contributed by atoms with Gasteiger partial charge in [-0.25, -0.2) is 4.79 Å². The van der Waals surface area contributed by atoms with Crippen LogP contribution < -0.4 is 0 Å². The van der Waals surface area contributed by atoms with E-state index in [1.54, 1.807) is 4.90 Å². The second-order valence-corrected chi connectivity index (χ2v) is 6.52. The Labute approximate surface area is 114 Å². The van der Waals surface area contributed by atoms with Crippen LogP contribution in [0.3, 0.4) is 0 Å². The summed E-state index contributed by atoms with van der Waals surface area (Å²) in [5.41, 5.74) is -0.444. The van der Waals surface area contributed by atoms with Crippen LogP contribution in [0, 0.1) is 5.92 Å². The molecule has 19 heavy (non-hydrogen) atoms. The van der Waals surface area contributed by atoms with E-state index >= 15 is 0 Å². The smallest absolute Gasteiger partial charge is 0.410 e. The maximum atomic E-state index is 11.9. The largest absolute Gasteiger partial charge is 0.444 e. The molecule has 2 aliphatic rings. The number of hydrogen-bond acceptors (Lipinski definition) is 3. The molecule has 0 radical (unpaired) electrons. The number of nitrogens with zero attached hydrogens (tertiary/aromatic N) is 2. The Kier molecular flexibility index (Phi) is 4.02. The lowest BCUT2D eigenvalue weighted by Crippen LogP contribution is -2.37. The van der Waals surface area contributed by atoms with E-state index in [2.05, 4.69) is 0 Å². The molecule has 2 aliphatic heterocycles. The SMILES string of the molecule is CC(C)(C)OC(=O)N1CCC(CN2CCCC2=O)C1. The molecule has 0 aromatic carbocycles. The van der Waals surface area contributed by atoms with Crippen molar-refractivity contribution in [2.75, 3.05) is 26.2 Å². The Balaban J connectivity index is 1.79. The molecule has 0 aliphatic carbocycles. The first-order valence-corrected chi connectivity index (χ1v) is 7.11. The summed E-state index contributed by atoms with van der Waals surface area (Å²) >= 11 is 0.